The molecule has 102 valence electrons. The van der Waals surface area contributed by atoms with Crippen LogP contribution >= 0.6 is 15.9 Å². The number of aryl methyl sites for hydroxylation is 1. The topological polar surface area (TPSA) is 79.3 Å². The summed E-state index contributed by atoms with van der Waals surface area (Å²) < 4.78 is 0.630. The van der Waals surface area contributed by atoms with Crippen LogP contribution in [0.15, 0.2) is 41.0 Å². The van der Waals surface area contributed by atoms with Crippen LogP contribution in [0.4, 0.5) is 5.82 Å². The van der Waals surface area contributed by atoms with Gasteiger partial charge in [-0.1, -0.05) is 22.0 Å². The number of hydrogen-bond donors (Lipinski definition) is 2. The Kier molecular flexibility index (Phi) is 4.14. The highest BCUT2D eigenvalue weighted by Gasteiger charge is 2.17. The van der Waals surface area contributed by atoms with Crippen molar-refractivity contribution in [1.29, 1.82) is 0 Å². The molecule has 0 bridgehead atoms. The maximum atomic E-state index is 12.2. The van der Waals surface area contributed by atoms with Crippen molar-refractivity contribution in [2.24, 2.45) is 0 Å². The van der Waals surface area contributed by atoms with Gasteiger partial charge in [0.1, 0.15) is 5.82 Å². The molecule has 2 aromatic rings. The summed E-state index contributed by atoms with van der Waals surface area (Å²) >= 11 is 3.23. The lowest BCUT2D eigenvalue weighted by molar-refractivity contribution is 0.0692. The predicted molar refractivity (Wildman–Crippen MR) is 78.0 cm³/mol. The average Bonchev–Trinajstić information content (AvgIpc) is 2.40. The molecule has 1 heterocycles. The number of carbonyl (C=O) groups is 2. The van der Waals surface area contributed by atoms with Crippen LogP contribution in [-0.4, -0.2) is 22.0 Å². The van der Waals surface area contributed by atoms with Crippen molar-refractivity contribution in [2.45, 2.75) is 6.92 Å². The van der Waals surface area contributed by atoms with Crippen LogP contribution < -0.4 is 5.32 Å². The minimum absolute atomic E-state index is 0.0562. The number of hydrogen-bond acceptors (Lipinski definition) is 3. The number of rotatable bonds is 3. The van der Waals surface area contributed by atoms with E-state index in [-0.39, 0.29) is 11.1 Å². The fraction of sp³-hybridized carbons (Fsp3) is 0.0714. The molecule has 2 rings (SSSR count). The first kappa shape index (κ1) is 14.2. The molecular formula is C14H11BrN2O3. The van der Waals surface area contributed by atoms with Crippen molar-refractivity contribution < 1.29 is 14.7 Å². The number of carbonyl (C=O) groups excluding carboxylic acids is 1. The van der Waals surface area contributed by atoms with Gasteiger partial charge >= 0.3 is 5.97 Å². The normalized spacial score (nSPS) is 10.1. The van der Waals surface area contributed by atoms with Crippen LogP contribution in [-0.2, 0) is 0 Å². The summed E-state index contributed by atoms with van der Waals surface area (Å²) in [5.41, 5.74) is 0.823. The molecule has 0 aliphatic heterocycles. The molecule has 5 nitrogen and oxygen atoms in total. The number of aromatic nitrogens is 1. The summed E-state index contributed by atoms with van der Waals surface area (Å²) in [6.45, 7) is 1.81. The molecule has 0 saturated carbocycles. The molecule has 2 N–H and O–H groups in total. The first-order chi connectivity index (χ1) is 9.49. The van der Waals surface area contributed by atoms with E-state index in [0.717, 1.165) is 5.56 Å². The Morgan fingerprint density at radius 3 is 2.65 bits per heavy atom. The summed E-state index contributed by atoms with van der Waals surface area (Å²) in [7, 11) is 0. The largest absolute Gasteiger partial charge is 0.478 e. The van der Waals surface area contributed by atoms with Gasteiger partial charge in [0.25, 0.3) is 5.91 Å². The molecule has 0 unspecified atom stereocenters. The first-order valence-corrected chi connectivity index (χ1v) is 6.54. The van der Waals surface area contributed by atoms with Gasteiger partial charge in [-0.25, -0.2) is 9.78 Å². The van der Waals surface area contributed by atoms with E-state index in [1.54, 1.807) is 18.3 Å². The maximum absolute atomic E-state index is 12.2. The predicted octanol–water partition coefficient (Wildman–Crippen LogP) is 3.10. The number of carboxylic acid groups (broad SMARTS) is 1. The van der Waals surface area contributed by atoms with Gasteiger partial charge in [0.05, 0.1) is 11.1 Å². The average molecular weight is 335 g/mol. The van der Waals surface area contributed by atoms with Crippen molar-refractivity contribution in [3.8, 4) is 0 Å². The van der Waals surface area contributed by atoms with E-state index in [1.807, 2.05) is 13.0 Å². The van der Waals surface area contributed by atoms with Crippen LogP contribution in [0, 0.1) is 6.92 Å². The van der Waals surface area contributed by atoms with Crippen molar-refractivity contribution in [2.75, 3.05) is 5.32 Å². The number of nitrogens with zero attached hydrogens (tertiary/aromatic N) is 1. The molecule has 6 heteroatoms. The van der Waals surface area contributed by atoms with Crippen LogP contribution in [0.25, 0.3) is 0 Å². The molecule has 20 heavy (non-hydrogen) atoms. The molecule has 0 spiro atoms. The first-order valence-electron chi connectivity index (χ1n) is 5.75. The SMILES string of the molecule is Cc1cccnc1NC(=O)c1cc(Br)ccc1C(=O)O. The molecule has 0 atom stereocenters. The van der Waals surface area contributed by atoms with Gasteiger partial charge in [0, 0.05) is 10.7 Å². The Morgan fingerprint density at radius 1 is 1.25 bits per heavy atom. The molecule has 0 aliphatic rings. The minimum Gasteiger partial charge on any atom is -0.478 e. The van der Waals surface area contributed by atoms with E-state index in [4.69, 9.17) is 5.11 Å². The van der Waals surface area contributed by atoms with Gasteiger partial charge in [-0.3, -0.25) is 4.79 Å². The molecule has 0 saturated heterocycles. The molecule has 0 fully saturated rings. The van der Waals surface area contributed by atoms with E-state index < -0.39 is 11.9 Å². The summed E-state index contributed by atoms with van der Waals surface area (Å²) in [5.74, 6) is -1.25. The lowest BCUT2D eigenvalue weighted by atomic mass is 10.1. The number of nitrogens with one attached hydrogen (secondary N) is 1. The van der Waals surface area contributed by atoms with Crippen molar-refractivity contribution >= 4 is 33.6 Å². The van der Waals surface area contributed by atoms with Gasteiger partial charge in [0.15, 0.2) is 0 Å². The second kappa shape index (κ2) is 5.83. The quantitative estimate of drug-likeness (QED) is 0.903. The van der Waals surface area contributed by atoms with Crippen molar-refractivity contribution in [3.63, 3.8) is 0 Å². The summed E-state index contributed by atoms with van der Waals surface area (Å²) in [5, 5.41) is 11.7. The summed E-state index contributed by atoms with van der Waals surface area (Å²) in [4.78, 5) is 27.4. The smallest absolute Gasteiger partial charge is 0.336 e. The monoisotopic (exact) mass is 334 g/mol. The Labute approximate surface area is 123 Å². The Bertz CT molecular complexity index is 686. The number of anilines is 1. The van der Waals surface area contributed by atoms with Crippen molar-refractivity contribution in [1.82, 2.24) is 4.98 Å². The number of halogens is 1. The third kappa shape index (κ3) is 3.03. The lowest BCUT2D eigenvalue weighted by Crippen LogP contribution is -2.17. The highest BCUT2D eigenvalue weighted by atomic mass is 79.9. The van der Waals surface area contributed by atoms with Gasteiger partial charge < -0.3 is 10.4 Å². The summed E-state index contributed by atoms with van der Waals surface area (Å²) in [6, 6.07) is 7.99. The Balaban J connectivity index is 2.37. The third-order valence-electron chi connectivity index (χ3n) is 2.70. The number of carboxylic acids is 1. The van der Waals surface area contributed by atoms with Gasteiger partial charge in [0.2, 0.25) is 0 Å². The zero-order chi connectivity index (χ0) is 14.7. The minimum atomic E-state index is -1.15. The number of aromatic carboxylic acids is 1. The van der Waals surface area contributed by atoms with E-state index in [1.165, 1.54) is 12.1 Å². The van der Waals surface area contributed by atoms with Gasteiger partial charge in [-0.05, 0) is 36.8 Å². The van der Waals surface area contributed by atoms with Crippen LogP contribution in [0.2, 0.25) is 0 Å². The van der Waals surface area contributed by atoms with E-state index in [0.29, 0.717) is 10.3 Å². The zero-order valence-corrected chi connectivity index (χ0v) is 12.1. The van der Waals surface area contributed by atoms with E-state index >= 15 is 0 Å². The number of benzene rings is 1. The van der Waals surface area contributed by atoms with E-state index in [9.17, 15) is 9.59 Å². The number of amides is 1. The van der Waals surface area contributed by atoms with Gasteiger partial charge in [-0.2, -0.15) is 0 Å². The zero-order valence-electron chi connectivity index (χ0n) is 10.6. The van der Waals surface area contributed by atoms with Crippen LogP contribution in [0.1, 0.15) is 26.3 Å². The lowest BCUT2D eigenvalue weighted by Gasteiger charge is -2.09. The van der Waals surface area contributed by atoms with Crippen LogP contribution in [0.3, 0.4) is 0 Å². The second-order valence-corrected chi connectivity index (χ2v) is 5.03. The standard InChI is InChI=1S/C14H11BrN2O3/c1-8-3-2-6-16-12(8)17-13(18)11-7-9(15)4-5-10(11)14(19)20/h2-7H,1H3,(H,19,20)(H,16,17,18). The molecular weight excluding hydrogens is 324 g/mol. The fourth-order valence-corrected chi connectivity index (χ4v) is 2.04. The second-order valence-electron chi connectivity index (χ2n) is 4.12. The van der Waals surface area contributed by atoms with Crippen LogP contribution in [0.5, 0.6) is 0 Å². The van der Waals surface area contributed by atoms with E-state index in [2.05, 4.69) is 26.2 Å². The highest BCUT2D eigenvalue weighted by Crippen LogP contribution is 2.19. The van der Waals surface area contributed by atoms with Crippen molar-refractivity contribution in [3.05, 3.63) is 57.7 Å². The highest BCUT2D eigenvalue weighted by molar-refractivity contribution is 9.10. The molecule has 1 aromatic carbocycles. The fourth-order valence-electron chi connectivity index (χ4n) is 1.68. The van der Waals surface area contributed by atoms with Gasteiger partial charge in [-0.15, -0.1) is 0 Å². The maximum Gasteiger partial charge on any atom is 0.336 e. The number of pyridine rings is 1. The molecule has 1 aromatic heterocycles. The molecule has 0 aliphatic carbocycles. The Morgan fingerprint density at radius 2 is 2.00 bits per heavy atom. The third-order valence-corrected chi connectivity index (χ3v) is 3.19. The Hall–Kier alpha value is -2.21. The molecule has 1 amide bonds. The molecule has 0 radical (unpaired) electrons. The summed E-state index contributed by atoms with van der Waals surface area (Å²) in [6.07, 6.45) is 1.56.